The second-order valence-corrected chi connectivity index (χ2v) is 5.45. The maximum Gasteiger partial charge on any atom is 0.324 e. The lowest BCUT2D eigenvalue weighted by molar-refractivity contribution is -0.404. The van der Waals surface area contributed by atoms with Crippen molar-refractivity contribution in [3.8, 4) is 5.75 Å². The minimum atomic E-state index is -1.21. The molecule has 3 rings (SSSR count). The van der Waals surface area contributed by atoms with Crippen LogP contribution in [-0.4, -0.2) is 29.3 Å². The summed E-state index contributed by atoms with van der Waals surface area (Å²) in [5.74, 6) is -1.21. The first kappa shape index (κ1) is 17.7. The van der Waals surface area contributed by atoms with Gasteiger partial charge in [-0.25, -0.2) is 4.98 Å². The molecule has 0 atom stereocenters. The summed E-state index contributed by atoms with van der Waals surface area (Å²) < 4.78 is 2.03. The van der Waals surface area contributed by atoms with E-state index in [4.69, 9.17) is 5.11 Å². The van der Waals surface area contributed by atoms with Gasteiger partial charge in [0.1, 0.15) is 0 Å². The molecule has 25 heavy (non-hydrogen) atoms. The van der Waals surface area contributed by atoms with Crippen molar-refractivity contribution in [1.29, 1.82) is 0 Å². The Balaban J connectivity index is 0.000000208. The van der Waals surface area contributed by atoms with Gasteiger partial charge in [0, 0.05) is 17.8 Å². The van der Waals surface area contributed by atoms with Gasteiger partial charge < -0.3 is 5.11 Å². The third-order valence-electron chi connectivity index (χ3n) is 2.87. The zero-order valence-electron chi connectivity index (χ0n) is 12.4. The van der Waals surface area contributed by atoms with E-state index in [2.05, 4.69) is 4.98 Å². The highest BCUT2D eigenvalue weighted by atomic mass is 32.1. The first-order valence-corrected chi connectivity index (χ1v) is 7.27. The van der Waals surface area contributed by atoms with E-state index in [1.807, 2.05) is 29.1 Å². The van der Waals surface area contributed by atoms with Crippen LogP contribution in [-0.2, 0) is 0 Å². The number of aromatic nitrogens is 2. The average molecular weight is 367 g/mol. The molecule has 1 N–H and O–H groups in total. The zero-order valence-corrected chi connectivity index (χ0v) is 13.2. The lowest BCUT2D eigenvalue weighted by atomic mass is 10.2. The van der Waals surface area contributed by atoms with Gasteiger partial charge in [-0.15, -0.1) is 11.3 Å². The van der Waals surface area contributed by atoms with Crippen molar-refractivity contribution in [1.82, 2.24) is 9.38 Å². The molecule has 3 aromatic rings. The Morgan fingerprint density at radius 3 is 2.08 bits per heavy atom. The number of aromatic hydroxyl groups is 1. The molecule has 0 aliphatic carbocycles. The molecule has 1 aromatic carbocycles. The topological polar surface area (TPSA) is 167 Å². The summed E-state index contributed by atoms with van der Waals surface area (Å²) in [5, 5.41) is 42.2. The molecule has 0 spiro atoms. The molecule has 0 unspecified atom stereocenters. The molecule has 0 bridgehead atoms. The molecular formula is C12H9N5O7S. The standard InChI is InChI=1S/C6H3N3O7.C6H6N2S/c10-6-4(8(13)14)1-3(7(11)12)2-5(6)9(15)16;1-5-4-8-2-3-9-6(8)7-5/h1-2,10H;2-4H,1H3. The van der Waals surface area contributed by atoms with E-state index in [0.717, 1.165) is 10.7 Å². The first-order chi connectivity index (χ1) is 11.7. The van der Waals surface area contributed by atoms with Gasteiger partial charge in [0.2, 0.25) is 0 Å². The molecule has 0 aliphatic rings. The Morgan fingerprint density at radius 1 is 1.08 bits per heavy atom. The second kappa shape index (κ2) is 6.88. The van der Waals surface area contributed by atoms with Crippen molar-refractivity contribution in [3.05, 3.63) is 65.9 Å². The monoisotopic (exact) mass is 367 g/mol. The van der Waals surface area contributed by atoms with Crippen LogP contribution in [0.4, 0.5) is 17.1 Å². The lowest BCUT2D eigenvalue weighted by Gasteiger charge is -1.97. The molecule has 2 aromatic heterocycles. The molecule has 0 aliphatic heterocycles. The van der Waals surface area contributed by atoms with E-state index in [1.165, 1.54) is 0 Å². The summed E-state index contributed by atoms with van der Waals surface area (Å²) in [5.41, 5.74) is -1.92. The van der Waals surface area contributed by atoms with E-state index < -0.39 is 37.6 Å². The van der Waals surface area contributed by atoms with Crippen LogP contribution in [0.5, 0.6) is 5.75 Å². The number of phenols is 1. The summed E-state index contributed by atoms with van der Waals surface area (Å²) in [7, 11) is 0. The van der Waals surface area contributed by atoms with Crippen molar-refractivity contribution in [2.75, 3.05) is 0 Å². The third kappa shape index (κ3) is 3.84. The summed E-state index contributed by atoms with van der Waals surface area (Å²) in [6.45, 7) is 2.00. The second-order valence-electron chi connectivity index (χ2n) is 4.58. The van der Waals surface area contributed by atoms with Crippen molar-refractivity contribution < 1.29 is 19.9 Å². The van der Waals surface area contributed by atoms with Crippen LogP contribution >= 0.6 is 11.3 Å². The molecule has 0 fully saturated rings. The average Bonchev–Trinajstić information content (AvgIpc) is 3.07. The predicted octanol–water partition coefficient (Wildman–Crippen LogP) is 2.82. The SMILES string of the molecule is Cc1cn2ccsc2n1.O=[N+]([O-])c1cc([N+](=O)[O-])c(O)c([N+](=O)[O-])c1. The fraction of sp³-hybridized carbons (Fsp3) is 0.0833. The number of imidazole rings is 1. The summed E-state index contributed by atoms with van der Waals surface area (Å²) in [6.07, 6.45) is 4.03. The Morgan fingerprint density at radius 2 is 1.64 bits per heavy atom. The number of hydrogen-bond acceptors (Lipinski definition) is 9. The number of non-ortho nitro benzene ring substituents is 1. The van der Waals surface area contributed by atoms with Crippen LogP contribution in [0.3, 0.4) is 0 Å². The molecule has 0 amide bonds. The maximum absolute atomic E-state index is 10.4. The predicted molar refractivity (Wildman–Crippen MR) is 85.9 cm³/mol. The van der Waals surface area contributed by atoms with Gasteiger partial charge in [0.25, 0.3) is 11.4 Å². The van der Waals surface area contributed by atoms with Crippen LogP contribution < -0.4 is 0 Å². The third-order valence-corrected chi connectivity index (χ3v) is 3.64. The van der Waals surface area contributed by atoms with Crippen molar-refractivity contribution in [2.45, 2.75) is 6.92 Å². The first-order valence-electron chi connectivity index (χ1n) is 6.39. The van der Waals surface area contributed by atoms with Gasteiger partial charge in [-0.05, 0) is 6.92 Å². The molecule has 0 saturated carbocycles. The van der Waals surface area contributed by atoms with E-state index in [-0.39, 0.29) is 0 Å². The molecule has 12 nitrogen and oxygen atoms in total. The van der Waals surface area contributed by atoms with Crippen LogP contribution in [0.1, 0.15) is 5.69 Å². The maximum atomic E-state index is 10.4. The molecule has 0 radical (unpaired) electrons. The highest BCUT2D eigenvalue weighted by molar-refractivity contribution is 7.15. The number of benzene rings is 1. The van der Waals surface area contributed by atoms with Crippen LogP contribution in [0.2, 0.25) is 0 Å². The Labute approximate surface area is 142 Å². The van der Waals surface area contributed by atoms with Gasteiger partial charge in [-0.1, -0.05) is 0 Å². The van der Waals surface area contributed by atoms with E-state index >= 15 is 0 Å². The normalized spacial score (nSPS) is 10.1. The van der Waals surface area contributed by atoms with Gasteiger partial charge in [-0.2, -0.15) is 0 Å². The quantitative estimate of drug-likeness (QED) is 0.544. The number of hydrogen-bond donors (Lipinski definition) is 1. The van der Waals surface area contributed by atoms with E-state index in [9.17, 15) is 30.3 Å². The molecule has 2 heterocycles. The Hall–Kier alpha value is -3.61. The van der Waals surface area contributed by atoms with Crippen molar-refractivity contribution in [2.24, 2.45) is 0 Å². The van der Waals surface area contributed by atoms with Gasteiger partial charge in [0.15, 0.2) is 4.96 Å². The zero-order chi connectivity index (χ0) is 18.7. The number of aryl methyl sites for hydroxylation is 1. The Kier molecular flexibility index (Phi) is 4.88. The minimum Gasteiger partial charge on any atom is -0.497 e. The summed E-state index contributed by atoms with van der Waals surface area (Å²) >= 11 is 1.66. The van der Waals surface area contributed by atoms with Crippen molar-refractivity contribution in [3.63, 3.8) is 0 Å². The lowest BCUT2D eigenvalue weighted by Crippen LogP contribution is -1.97. The molecule has 13 heteroatoms. The summed E-state index contributed by atoms with van der Waals surface area (Å²) in [6, 6.07) is 0.894. The number of fused-ring (bicyclic) bond motifs is 1. The van der Waals surface area contributed by atoms with Crippen molar-refractivity contribution >= 4 is 33.4 Å². The van der Waals surface area contributed by atoms with Gasteiger partial charge in [-0.3, -0.25) is 34.7 Å². The fourth-order valence-corrected chi connectivity index (χ4v) is 2.56. The van der Waals surface area contributed by atoms with Gasteiger partial charge in [0.05, 0.1) is 32.6 Å². The van der Waals surface area contributed by atoms with Crippen LogP contribution in [0.15, 0.2) is 29.9 Å². The number of thiazole rings is 1. The smallest absolute Gasteiger partial charge is 0.324 e. The molecule has 0 saturated heterocycles. The highest BCUT2D eigenvalue weighted by Gasteiger charge is 2.30. The Bertz CT molecular complexity index is 916. The minimum absolute atomic E-state index is 0.447. The molecule has 130 valence electrons. The number of nitro benzene ring substituents is 3. The highest BCUT2D eigenvalue weighted by Crippen LogP contribution is 2.38. The number of nitro groups is 3. The van der Waals surface area contributed by atoms with E-state index in [0.29, 0.717) is 12.1 Å². The summed E-state index contributed by atoms with van der Waals surface area (Å²) in [4.78, 5) is 33.1. The number of phenolic OH excluding ortho intramolecular Hbond substituents is 1. The van der Waals surface area contributed by atoms with Crippen LogP contribution in [0.25, 0.3) is 4.96 Å². The van der Waals surface area contributed by atoms with E-state index in [1.54, 1.807) is 11.3 Å². The van der Waals surface area contributed by atoms with Crippen LogP contribution in [0, 0.1) is 37.3 Å². The number of rotatable bonds is 3. The van der Waals surface area contributed by atoms with Gasteiger partial charge >= 0.3 is 11.4 Å². The molecular weight excluding hydrogens is 358 g/mol. The largest absolute Gasteiger partial charge is 0.497 e. The fourth-order valence-electron chi connectivity index (χ4n) is 1.82. The number of nitrogens with zero attached hydrogens (tertiary/aromatic N) is 5.